The summed E-state index contributed by atoms with van der Waals surface area (Å²) in [6, 6.07) is 6.67. The fourth-order valence-electron chi connectivity index (χ4n) is 2.50. The van der Waals surface area contributed by atoms with E-state index in [0.29, 0.717) is 6.04 Å². The second kappa shape index (κ2) is 8.48. The molecule has 1 fully saturated rings. The van der Waals surface area contributed by atoms with Crippen molar-refractivity contribution in [2.45, 2.75) is 31.8 Å². The lowest BCUT2D eigenvalue weighted by Gasteiger charge is -2.27. The molecular formula is C14H21BrCl2N2. The second-order valence-corrected chi connectivity index (χ2v) is 6.28. The predicted octanol–water partition coefficient (Wildman–Crippen LogP) is 4.10. The molecule has 1 aliphatic heterocycles. The van der Waals surface area contributed by atoms with Gasteiger partial charge in [-0.3, -0.25) is 4.90 Å². The molecule has 19 heavy (non-hydrogen) atoms. The standard InChI is InChI=1S/C14H20BrClN2.ClH/c1-18(13-3-2-7-17-8-6-13)10-11-9-12(16)4-5-14(11)15;/h4-5,9,13,17H,2-3,6-8,10H2,1H3;1H. The van der Waals surface area contributed by atoms with E-state index in [2.05, 4.69) is 39.3 Å². The van der Waals surface area contributed by atoms with Crippen LogP contribution in [0.15, 0.2) is 22.7 Å². The first-order valence-corrected chi connectivity index (χ1v) is 7.69. The Balaban J connectivity index is 0.00000180. The van der Waals surface area contributed by atoms with Gasteiger partial charge in [0, 0.05) is 22.1 Å². The van der Waals surface area contributed by atoms with E-state index in [0.717, 1.165) is 29.1 Å². The molecular weight excluding hydrogens is 347 g/mol. The van der Waals surface area contributed by atoms with E-state index < -0.39 is 0 Å². The molecule has 108 valence electrons. The molecule has 1 aliphatic rings. The van der Waals surface area contributed by atoms with Crippen LogP contribution in [0.25, 0.3) is 0 Å². The van der Waals surface area contributed by atoms with Gasteiger partial charge in [0.15, 0.2) is 0 Å². The molecule has 0 bridgehead atoms. The van der Waals surface area contributed by atoms with Crippen LogP contribution in [0.4, 0.5) is 0 Å². The van der Waals surface area contributed by atoms with Crippen LogP contribution in [0.2, 0.25) is 5.02 Å². The maximum Gasteiger partial charge on any atom is 0.0410 e. The van der Waals surface area contributed by atoms with Gasteiger partial charge in [-0.1, -0.05) is 27.5 Å². The van der Waals surface area contributed by atoms with Gasteiger partial charge in [-0.15, -0.1) is 12.4 Å². The Kier molecular flexibility index (Phi) is 7.70. The minimum atomic E-state index is 0. The molecule has 1 unspecified atom stereocenters. The van der Waals surface area contributed by atoms with Crippen molar-refractivity contribution in [1.29, 1.82) is 0 Å². The first-order valence-electron chi connectivity index (χ1n) is 6.51. The molecule has 1 aromatic carbocycles. The SMILES string of the molecule is CN(Cc1cc(Cl)ccc1Br)C1CCCNCC1.Cl. The Hall–Kier alpha value is 0.200. The van der Waals surface area contributed by atoms with Crippen LogP contribution in [0.1, 0.15) is 24.8 Å². The van der Waals surface area contributed by atoms with Crippen LogP contribution in [-0.2, 0) is 6.54 Å². The van der Waals surface area contributed by atoms with Gasteiger partial charge in [0.2, 0.25) is 0 Å². The molecule has 0 aliphatic carbocycles. The highest BCUT2D eigenvalue weighted by atomic mass is 79.9. The first-order chi connectivity index (χ1) is 8.66. The molecule has 2 nitrogen and oxygen atoms in total. The molecule has 0 aromatic heterocycles. The number of rotatable bonds is 3. The maximum absolute atomic E-state index is 6.06. The largest absolute Gasteiger partial charge is 0.317 e. The molecule has 1 N–H and O–H groups in total. The number of nitrogens with one attached hydrogen (secondary N) is 1. The van der Waals surface area contributed by atoms with E-state index in [1.54, 1.807) is 0 Å². The summed E-state index contributed by atoms with van der Waals surface area (Å²) in [5.41, 5.74) is 1.27. The third-order valence-corrected chi connectivity index (χ3v) is 4.60. The third kappa shape index (κ3) is 5.24. The lowest BCUT2D eigenvalue weighted by molar-refractivity contribution is 0.216. The number of hydrogen-bond donors (Lipinski definition) is 1. The lowest BCUT2D eigenvalue weighted by atomic mass is 10.1. The van der Waals surface area contributed by atoms with Crippen molar-refractivity contribution in [2.75, 3.05) is 20.1 Å². The fraction of sp³-hybridized carbons (Fsp3) is 0.571. The van der Waals surface area contributed by atoms with Crippen molar-refractivity contribution in [1.82, 2.24) is 10.2 Å². The van der Waals surface area contributed by atoms with Crippen LogP contribution in [-0.4, -0.2) is 31.1 Å². The summed E-state index contributed by atoms with van der Waals surface area (Å²) in [6.45, 7) is 3.24. The Morgan fingerprint density at radius 1 is 1.37 bits per heavy atom. The number of halogens is 3. The molecule has 1 atom stereocenters. The van der Waals surface area contributed by atoms with Crippen molar-refractivity contribution in [3.63, 3.8) is 0 Å². The summed E-state index contributed by atoms with van der Waals surface area (Å²) in [4.78, 5) is 2.45. The zero-order valence-electron chi connectivity index (χ0n) is 11.2. The summed E-state index contributed by atoms with van der Waals surface area (Å²) < 4.78 is 1.14. The van der Waals surface area contributed by atoms with Crippen LogP contribution in [0, 0.1) is 0 Å². The highest BCUT2D eigenvalue weighted by molar-refractivity contribution is 9.10. The minimum Gasteiger partial charge on any atom is -0.317 e. The fourth-order valence-corrected chi connectivity index (χ4v) is 3.07. The van der Waals surface area contributed by atoms with E-state index in [-0.39, 0.29) is 12.4 Å². The van der Waals surface area contributed by atoms with Crippen LogP contribution < -0.4 is 5.32 Å². The molecule has 0 saturated carbocycles. The molecule has 1 aromatic rings. The van der Waals surface area contributed by atoms with E-state index in [4.69, 9.17) is 11.6 Å². The minimum absolute atomic E-state index is 0. The van der Waals surface area contributed by atoms with Gasteiger partial charge in [0.25, 0.3) is 0 Å². The monoisotopic (exact) mass is 366 g/mol. The molecule has 1 heterocycles. The number of nitrogens with zero attached hydrogens (tertiary/aromatic N) is 1. The molecule has 0 amide bonds. The normalized spacial score (nSPS) is 19.9. The van der Waals surface area contributed by atoms with Gasteiger partial charge < -0.3 is 5.32 Å². The van der Waals surface area contributed by atoms with Crippen LogP contribution in [0.3, 0.4) is 0 Å². The van der Waals surface area contributed by atoms with E-state index >= 15 is 0 Å². The van der Waals surface area contributed by atoms with Gasteiger partial charge >= 0.3 is 0 Å². The Labute approximate surface area is 135 Å². The lowest BCUT2D eigenvalue weighted by Crippen LogP contribution is -2.32. The topological polar surface area (TPSA) is 15.3 Å². The van der Waals surface area contributed by atoms with Crippen molar-refractivity contribution < 1.29 is 0 Å². The van der Waals surface area contributed by atoms with Gasteiger partial charge in [-0.2, -0.15) is 0 Å². The summed E-state index contributed by atoms with van der Waals surface area (Å²) >= 11 is 9.66. The van der Waals surface area contributed by atoms with E-state index in [1.807, 2.05) is 12.1 Å². The third-order valence-electron chi connectivity index (χ3n) is 3.60. The summed E-state index contributed by atoms with van der Waals surface area (Å²) in [5, 5.41) is 4.27. The van der Waals surface area contributed by atoms with Crippen molar-refractivity contribution >= 4 is 39.9 Å². The summed E-state index contributed by atoms with van der Waals surface area (Å²) in [5.74, 6) is 0. The smallest absolute Gasteiger partial charge is 0.0410 e. The maximum atomic E-state index is 6.06. The van der Waals surface area contributed by atoms with Crippen molar-refractivity contribution in [3.05, 3.63) is 33.3 Å². The molecule has 2 rings (SSSR count). The Bertz CT molecular complexity index is 393. The first kappa shape index (κ1) is 17.3. The number of hydrogen-bond acceptors (Lipinski definition) is 2. The van der Waals surface area contributed by atoms with Gasteiger partial charge in [0.05, 0.1) is 0 Å². The van der Waals surface area contributed by atoms with E-state index in [1.165, 1.54) is 24.8 Å². The Morgan fingerprint density at radius 2 is 2.16 bits per heavy atom. The molecule has 0 radical (unpaired) electrons. The zero-order chi connectivity index (χ0) is 13.0. The molecule has 0 spiro atoms. The average molecular weight is 368 g/mol. The van der Waals surface area contributed by atoms with E-state index in [9.17, 15) is 0 Å². The average Bonchev–Trinajstić information content (AvgIpc) is 2.62. The highest BCUT2D eigenvalue weighted by Gasteiger charge is 2.17. The highest BCUT2D eigenvalue weighted by Crippen LogP contribution is 2.24. The quantitative estimate of drug-likeness (QED) is 0.865. The summed E-state index contributed by atoms with van der Waals surface area (Å²) in [6.07, 6.45) is 3.78. The number of benzene rings is 1. The molecule has 5 heteroatoms. The van der Waals surface area contributed by atoms with Gasteiger partial charge in [-0.05, 0) is 63.2 Å². The van der Waals surface area contributed by atoms with Crippen molar-refractivity contribution in [3.8, 4) is 0 Å². The zero-order valence-corrected chi connectivity index (χ0v) is 14.3. The van der Waals surface area contributed by atoms with Crippen LogP contribution in [0.5, 0.6) is 0 Å². The predicted molar refractivity (Wildman–Crippen MR) is 88.4 cm³/mol. The Morgan fingerprint density at radius 3 is 2.95 bits per heavy atom. The van der Waals surface area contributed by atoms with Gasteiger partial charge in [-0.25, -0.2) is 0 Å². The van der Waals surface area contributed by atoms with Crippen molar-refractivity contribution in [2.24, 2.45) is 0 Å². The van der Waals surface area contributed by atoms with Crippen LogP contribution >= 0.6 is 39.9 Å². The summed E-state index contributed by atoms with van der Waals surface area (Å²) in [7, 11) is 2.21. The van der Waals surface area contributed by atoms with Gasteiger partial charge in [0.1, 0.15) is 0 Å². The second-order valence-electron chi connectivity index (χ2n) is 4.99. The molecule has 1 saturated heterocycles.